The number of hydrogen-bond donors (Lipinski definition) is 0. The third-order valence-corrected chi connectivity index (χ3v) is 0.939. The second kappa shape index (κ2) is 4.95. The van der Waals surface area contributed by atoms with E-state index in [1.165, 1.54) is 0 Å². The molecule has 0 unspecified atom stereocenters. The molecule has 0 N–H and O–H groups in total. The molecule has 0 aromatic rings. The van der Waals surface area contributed by atoms with Crippen LogP contribution >= 0.6 is 0 Å². The van der Waals surface area contributed by atoms with Gasteiger partial charge in [-0.3, -0.25) is 4.79 Å². The Kier molecular flexibility index (Phi) is 0.963. The molecule has 0 heterocycles. The predicted molar refractivity (Wildman–Crippen MR) is 48.1 cm³/mol. The fraction of sp³-hybridized carbons (Fsp3) is 0.778. The van der Waals surface area contributed by atoms with E-state index in [2.05, 4.69) is 4.74 Å². The standard InChI is InChI=1S/C9H17NO4/c1-7(11)14-8(5-9(12)13)6-10(2,3)4/h8H,5-6H2,1-4H3/t8-/m1/s1/i1D3,2D3,3D3,4D3,6D2. The van der Waals surface area contributed by atoms with Gasteiger partial charge in [0.1, 0.15) is 6.50 Å². The summed E-state index contributed by atoms with van der Waals surface area (Å²) in [6, 6.07) is 0. The van der Waals surface area contributed by atoms with Crippen LogP contribution in [0.25, 0.3) is 0 Å². The van der Waals surface area contributed by atoms with Crippen LogP contribution in [-0.2, 0) is 14.3 Å². The molecule has 5 nitrogen and oxygen atoms in total. The van der Waals surface area contributed by atoms with E-state index < -0.39 is 63.2 Å². The number of carbonyl (C=O) groups is 2. The zero-order chi connectivity index (χ0) is 23.1. The van der Waals surface area contributed by atoms with Crippen molar-refractivity contribution in [2.24, 2.45) is 0 Å². The molecule has 0 saturated carbocycles. The van der Waals surface area contributed by atoms with Gasteiger partial charge in [0.25, 0.3) is 0 Å². The molecular weight excluding hydrogens is 186 g/mol. The van der Waals surface area contributed by atoms with Crippen LogP contribution in [0.4, 0.5) is 0 Å². The molecule has 0 amide bonds. The lowest BCUT2D eigenvalue weighted by atomic mass is 10.2. The lowest BCUT2D eigenvalue weighted by Gasteiger charge is -2.28. The Balaban J connectivity index is 6.93. The van der Waals surface area contributed by atoms with Crippen molar-refractivity contribution in [2.75, 3.05) is 27.4 Å². The molecule has 5 heteroatoms. The molecule has 0 aromatic carbocycles. The monoisotopic (exact) mass is 217 g/mol. The van der Waals surface area contributed by atoms with Gasteiger partial charge in [0.2, 0.25) is 0 Å². The highest BCUT2D eigenvalue weighted by molar-refractivity contribution is 5.68. The first-order valence-electron chi connectivity index (χ1n) is 10.2. The summed E-state index contributed by atoms with van der Waals surface area (Å²) in [5.74, 6) is -4.38. The van der Waals surface area contributed by atoms with Gasteiger partial charge < -0.3 is 19.1 Å². The molecule has 0 fully saturated rings. The van der Waals surface area contributed by atoms with E-state index in [1.807, 2.05) is 0 Å². The molecule has 0 spiro atoms. The number of quaternary nitrogens is 1. The van der Waals surface area contributed by atoms with Crippen LogP contribution in [0.1, 0.15) is 32.5 Å². The number of carboxylic acid groups (broad SMARTS) is 1. The Hall–Kier alpha value is -1.10. The third-order valence-electron chi connectivity index (χ3n) is 0.939. The fourth-order valence-electron chi connectivity index (χ4n) is 0.610. The normalized spacial score (nSPS) is 32.9. The van der Waals surface area contributed by atoms with Crippen molar-refractivity contribution in [3.8, 4) is 0 Å². The number of likely N-dealkylation sites (N-methyl/N-ethyl adjacent to an activating group) is 1. The van der Waals surface area contributed by atoms with Crippen molar-refractivity contribution >= 4 is 11.9 Å². The van der Waals surface area contributed by atoms with Crippen molar-refractivity contribution in [1.29, 1.82) is 0 Å². The zero-order valence-electron chi connectivity index (χ0n) is 20.9. The Morgan fingerprint density at radius 1 is 1.57 bits per heavy atom. The number of aliphatic carboxylic acids is 1. The average Bonchev–Trinajstić information content (AvgIpc) is 2.29. The molecule has 0 aliphatic carbocycles. The number of carboxylic acids is 1. The zero-order valence-corrected chi connectivity index (χ0v) is 6.86. The van der Waals surface area contributed by atoms with E-state index in [9.17, 15) is 14.7 Å². The minimum atomic E-state index is -4.16. The van der Waals surface area contributed by atoms with Crippen molar-refractivity contribution in [1.82, 2.24) is 0 Å². The first-order valence-corrected chi connectivity index (χ1v) is 3.25. The second-order valence-electron chi connectivity index (χ2n) is 2.27. The number of carbonyl (C=O) groups excluding carboxylic acids is 2. The Morgan fingerprint density at radius 3 is 2.64 bits per heavy atom. The van der Waals surface area contributed by atoms with Gasteiger partial charge in [-0.25, -0.2) is 0 Å². The van der Waals surface area contributed by atoms with E-state index in [0.717, 1.165) is 0 Å². The first kappa shape index (κ1) is 2.72. The van der Waals surface area contributed by atoms with Crippen molar-refractivity contribution in [3.05, 3.63) is 0 Å². The quantitative estimate of drug-likeness (QED) is 0.427. The van der Waals surface area contributed by atoms with E-state index >= 15 is 0 Å². The molecule has 0 aliphatic heterocycles. The van der Waals surface area contributed by atoms with Gasteiger partial charge in [0.05, 0.1) is 36.0 Å². The Morgan fingerprint density at radius 2 is 2.21 bits per heavy atom. The molecule has 0 aromatic heterocycles. The minimum Gasteiger partial charge on any atom is -0.550 e. The van der Waals surface area contributed by atoms with Crippen molar-refractivity contribution < 1.29 is 43.1 Å². The molecule has 0 bridgehead atoms. The summed E-state index contributed by atoms with van der Waals surface area (Å²) in [4.78, 5) is 22.5. The molecule has 0 aliphatic rings. The number of esters is 1. The SMILES string of the molecule is [2H]C([2H])([2H])C(=O)O[C@H](CC(=O)[O-])C([2H])([2H])[N+](C([2H])([2H])[2H])(C([2H])([2H])[2H])C([2H])([2H])[2H]. The highest BCUT2D eigenvalue weighted by Crippen LogP contribution is 2.04. The predicted octanol–water partition coefficient (Wildman–Crippen LogP) is -1.24. The van der Waals surface area contributed by atoms with Crippen LogP contribution in [0.5, 0.6) is 0 Å². The number of hydrogen-bond acceptors (Lipinski definition) is 4. The minimum absolute atomic E-state index is 1.71. The average molecular weight is 217 g/mol. The summed E-state index contributed by atoms with van der Waals surface area (Å²) < 4.78 is 104. The summed E-state index contributed by atoms with van der Waals surface area (Å²) in [5.41, 5.74) is 0. The van der Waals surface area contributed by atoms with E-state index in [4.69, 9.17) is 19.2 Å². The van der Waals surface area contributed by atoms with Crippen LogP contribution in [-0.4, -0.2) is 49.9 Å². The van der Waals surface area contributed by atoms with Gasteiger partial charge in [-0.2, -0.15) is 0 Å². The van der Waals surface area contributed by atoms with Gasteiger partial charge in [0, 0.05) is 23.4 Å². The van der Waals surface area contributed by atoms with Gasteiger partial charge in [0.15, 0.2) is 6.10 Å². The maximum atomic E-state index is 11.6. The summed E-state index contributed by atoms with van der Waals surface area (Å²) in [7, 11) is 0. The molecule has 0 radical (unpaired) electrons. The highest BCUT2D eigenvalue weighted by Gasteiger charge is 2.20. The van der Waals surface area contributed by atoms with Crippen molar-refractivity contribution in [2.45, 2.75) is 19.4 Å². The van der Waals surface area contributed by atoms with Crippen LogP contribution in [0.3, 0.4) is 0 Å². The molecule has 82 valence electrons. The summed E-state index contributed by atoms with van der Waals surface area (Å²) >= 11 is 0. The Labute approximate surface area is 104 Å². The summed E-state index contributed by atoms with van der Waals surface area (Å²) in [6.45, 7) is -20.2. The first-order chi connectivity index (χ1) is 11.9. The number of nitrogens with zero attached hydrogens (tertiary/aromatic N) is 1. The van der Waals surface area contributed by atoms with Gasteiger partial charge >= 0.3 is 5.97 Å². The third kappa shape index (κ3) is 7.54. The summed E-state index contributed by atoms with van der Waals surface area (Å²) in [5, 5.41) is 10.9. The van der Waals surface area contributed by atoms with Gasteiger partial charge in [-0.1, -0.05) is 0 Å². The van der Waals surface area contributed by atoms with Crippen LogP contribution in [0, 0.1) is 0 Å². The molecule has 0 rings (SSSR count). The van der Waals surface area contributed by atoms with Gasteiger partial charge in [-0.15, -0.1) is 0 Å². The molecular formula is C9H17NO4. The molecule has 1 atom stereocenters. The van der Waals surface area contributed by atoms with E-state index in [1.54, 1.807) is 0 Å². The summed E-state index contributed by atoms with van der Waals surface area (Å²) in [6.07, 6.45) is -4.65. The Bertz CT molecular complexity index is 564. The van der Waals surface area contributed by atoms with Crippen molar-refractivity contribution in [3.63, 3.8) is 0 Å². The highest BCUT2D eigenvalue weighted by atomic mass is 16.5. The van der Waals surface area contributed by atoms with E-state index in [0.29, 0.717) is 0 Å². The van der Waals surface area contributed by atoms with Crippen LogP contribution in [0.15, 0.2) is 0 Å². The second-order valence-corrected chi connectivity index (χ2v) is 2.27. The molecule has 0 saturated heterocycles. The number of ether oxygens (including phenoxy) is 1. The maximum Gasteiger partial charge on any atom is 0.303 e. The van der Waals surface area contributed by atoms with Gasteiger partial charge in [-0.05, 0) is 0 Å². The van der Waals surface area contributed by atoms with E-state index in [-0.39, 0.29) is 0 Å². The number of rotatable bonds is 5. The van der Waals surface area contributed by atoms with Crippen LogP contribution < -0.4 is 5.11 Å². The lowest BCUT2D eigenvalue weighted by Crippen LogP contribution is -2.45. The fourth-order valence-corrected chi connectivity index (χ4v) is 0.610. The largest absolute Gasteiger partial charge is 0.550 e. The topological polar surface area (TPSA) is 66.4 Å². The lowest BCUT2D eigenvalue weighted by molar-refractivity contribution is -0.873. The smallest absolute Gasteiger partial charge is 0.303 e. The molecule has 14 heavy (non-hydrogen) atoms. The maximum absolute atomic E-state index is 11.6. The van der Waals surface area contributed by atoms with Crippen LogP contribution in [0.2, 0.25) is 0 Å².